The SMILES string of the molecule is CC1=C(C(=O)OCC=Cc2ccccc2)C(c2cccc([N+](=O)[O-])c2)C(C(=O)OCC=Cc2ccc(Cn3ccnc3)cc2)=C(C)N1. The standard InChI is InChI=1S/C37H34N4O6/c1-26-33(36(42)46-21-7-11-28-9-4-3-5-10-28)35(31-13-6-14-32(23-31)41(44)45)34(27(2)39-26)37(43)47-22-8-12-29-15-17-30(18-16-29)24-40-20-19-38-25-40/h3-20,23,25,35,39H,21-22,24H2,1-2H3. The highest BCUT2D eigenvalue weighted by Crippen LogP contribution is 2.40. The summed E-state index contributed by atoms with van der Waals surface area (Å²) in [5.41, 5.74) is 4.52. The van der Waals surface area contributed by atoms with Gasteiger partial charge in [0.2, 0.25) is 0 Å². The molecule has 4 aromatic rings. The third-order valence-corrected chi connectivity index (χ3v) is 7.56. The van der Waals surface area contributed by atoms with E-state index in [0.29, 0.717) is 23.5 Å². The number of allylic oxidation sites excluding steroid dienone is 2. The van der Waals surface area contributed by atoms with E-state index in [-0.39, 0.29) is 30.0 Å². The summed E-state index contributed by atoms with van der Waals surface area (Å²) in [5.74, 6) is -2.27. The molecule has 0 fully saturated rings. The lowest BCUT2D eigenvalue weighted by Gasteiger charge is -2.30. The van der Waals surface area contributed by atoms with Crippen molar-refractivity contribution in [2.45, 2.75) is 26.3 Å². The second-order valence-electron chi connectivity index (χ2n) is 10.9. The Morgan fingerprint density at radius 3 is 2.06 bits per heavy atom. The first kappa shape index (κ1) is 32.4. The summed E-state index contributed by atoms with van der Waals surface area (Å²) in [6.45, 7) is 4.08. The number of carbonyl (C=O) groups is 2. The van der Waals surface area contributed by atoms with Crippen LogP contribution in [-0.2, 0) is 25.6 Å². The average Bonchev–Trinajstić information content (AvgIpc) is 3.59. The minimum Gasteiger partial charge on any atom is -0.458 e. The fourth-order valence-electron chi connectivity index (χ4n) is 5.35. The van der Waals surface area contributed by atoms with E-state index in [2.05, 4.69) is 10.3 Å². The van der Waals surface area contributed by atoms with Crippen LogP contribution in [-0.4, -0.2) is 39.6 Å². The van der Waals surface area contributed by atoms with Gasteiger partial charge in [-0.15, -0.1) is 0 Å². The summed E-state index contributed by atoms with van der Waals surface area (Å²) in [7, 11) is 0. The molecule has 0 aliphatic carbocycles. The molecule has 3 aromatic carbocycles. The molecule has 0 spiro atoms. The molecule has 1 N–H and O–H groups in total. The fraction of sp³-hybridized carbons (Fsp3) is 0.162. The molecule has 10 heteroatoms. The summed E-state index contributed by atoms with van der Waals surface area (Å²) in [4.78, 5) is 42.4. The van der Waals surface area contributed by atoms with Gasteiger partial charge in [0.1, 0.15) is 13.2 Å². The Kier molecular flexibility index (Phi) is 10.5. The first-order chi connectivity index (χ1) is 22.8. The molecule has 0 amide bonds. The number of nitro groups is 1. The number of ether oxygens (including phenoxy) is 2. The van der Waals surface area contributed by atoms with Crippen LogP contribution >= 0.6 is 0 Å². The Morgan fingerprint density at radius 1 is 0.872 bits per heavy atom. The number of imidazole rings is 1. The van der Waals surface area contributed by atoms with E-state index in [0.717, 1.165) is 16.7 Å². The van der Waals surface area contributed by atoms with Gasteiger partial charge >= 0.3 is 11.9 Å². The third-order valence-electron chi connectivity index (χ3n) is 7.56. The molecule has 1 unspecified atom stereocenters. The molecule has 0 bridgehead atoms. The van der Waals surface area contributed by atoms with Crippen molar-refractivity contribution in [1.29, 1.82) is 0 Å². The Labute approximate surface area is 272 Å². The predicted molar refractivity (Wildman–Crippen MR) is 179 cm³/mol. The number of nitrogens with zero attached hydrogens (tertiary/aromatic N) is 3. The quantitative estimate of drug-likeness (QED) is 0.106. The maximum atomic E-state index is 13.6. The van der Waals surface area contributed by atoms with Crippen molar-refractivity contribution >= 4 is 29.8 Å². The molecule has 5 rings (SSSR count). The van der Waals surface area contributed by atoms with Gasteiger partial charge in [0.05, 0.1) is 28.3 Å². The molecule has 0 saturated heterocycles. The zero-order valence-electron chi connectivity index (χ0n) is 26.0. The molecule has 1 aromatic heterocycles. The number of aromatic nitrogens is 2. The van der Waals surface area contributed by atoms with Crippen LogP contribution in [0.25, 0.3) is 12.2 Å². The number of rotatable bonds is 12. The van der Waals surface area contributed by atoms with E-state index < -0.39 is 22.8 Å². The zero-order valence-corrected chi connectivity index (χ0v) is 26.0. The zero-order chi connectivity index (χ0) is 33.2. The molecule has 0 saturated carbocycles. The van der Waals surface area contributed by atoms with E-state index in [9.17, 15) is 19.7 Å². The topological polar surface area (TPSA) is 126 Å². The number of hydrogen-bond acceptors (Lipinski definition) is 8. The van der Waals surface area contributed by atoms with Crippen LogP contribution in [0.4, 0.5) is 5.69 Å². The maximum absolute atomic E-state index is 13.6. The number of dihydropyridines is 1. The number of non-ortho nitro benzene ring substituents is 1. The van der Waals surface area contributed by atoms with Crippen LogP contribution in [0.1, 0.15) is 42.0 Å². The number of nitro benzene ring substituents is 1. The Bertz CT molecular complexity index is 1860. The second kappa shape index (κ2) is 15.3. The first-order valence-corrected chi connectivity index (χ1v) is 15.0. The predicted octanol–water partition coefficient (Wildman–Crippen LogP) is 6.59. The Morgan fingerprint density at radius 2 is 1.49 bits per heavy atom. The van der Waals surface area contributed by atoms with Crippen LogP contribution in [0, 0.1) is 10.1 Å². The Hall–Kier alpha value is -6.03. The molecule has 2 heterocycles. The lowest BCUT2D eigenvalue weighted by molar-refractivity contribution is -0.384. The highest BCUT2D eigenvalue weighted by Gasteiger charge is 2.38. The van der Waals surface area contributed by atoms with Crippen LogP contribution < -0.4 is 5.32 Å². The van der Waals surface area contributed by atoms with E-state index in [1.807, 2.05) is 77.5 Å². The summed E-state index contributed by atoms with van der Waals surface area (Å²) in [5, 5.41) is 14.7. The van der Waals surface area contributed by atoms with E-state index in [1.54, 1.807) is 44.6 Å². The average molecular weight is 631 g/mol. The van der Waals surface area contributed by atoms with Crippen LogP contribution in [0.5, 0.6) is 0 Å². The molecule has 10 nitrogen and oxygen atoms in total. The summed E-state index contributed by atoms with van der Waals surface area (Å²) in [6.07, 6.45) is 12.5. The normalized spacial score (nSPS) is 14.8. The van der Waals surface area contributed by atoms with Gasteiger partial charge in [0, 0.05) is 42.5 Å². The fourth-order valence-corrected chi connectivity index (χ4v) is 5.35. The molecule has 0 radical (unpaired) electrons. The number of nitrogens with one attached hydrogen (secondary N) is 1. The van der Waals surface area contributed by atoms with Gasteiger partial charge in [0.15, 0.2) is 0 Å². The van der Waals surface area contributed by atoms with Crippen molar-refractivity contribution in [3.8, 4) is 0 Å². The van der Waals surface area contributed by atoms with Gasteiger partial charge in [-0.05, 0) is 48.3 Å². The third kappa shape index (κ3) is 8.37. The van der Waals surface area contributed by atoms with Gasteiger partial charge in [-0.1, -0.05) is 78.9 Å². The maximum Gasteiger partial charge on any atom is 0.337 e. The largest absolute Gasteiger partial charge is 0.458 e. The second-order valence-corrected chi connectivity index (χ2v) is 10.9. The lowest BCUT2D eigenvalue weighted by Crippen LogP contribution is -2.32. The highest BCUT2D eigenvalue weighted by atomic mass is 16.6. The summed E-state index contributed by atoms with van der Waals surface area (Å²) < 4.78 is 13.2. The number of carbonyl (C=O) groups excluding carboxylic acids is 2. The highest BCUT2D eigenvalue weighted by molar-refractivity contribution is 6.00. The van der Waals surface area contributed by atoms with Gasteiger partial charge in [0.25, 0.3) is 5.69 Å². The van der Waals surface area contributed by atoms with Crippen molar-refractivity contribution in [3.63, 3.8) is 0 Å². The molecule has 1 aliphatic rings. The van der Waals surface area contributed by atoms with Crippen LogP contribution in [0.3, 0.4) is 0 Å². The van der Waals surface area contributed by atoms with Gasteiger partial charge < -0.3 is 19.4 Å². The van der Waals surface area contributed by atoms with E-state index in [4.69, 9.17) is 9.47 Å². The summed E-state index contributed by atoms with van der Waals surface area (Å²) >= 11 is 0. The minimum atomic E-state index is -0.957. The van der Waals surface area contributed by atoms with E-state index in [1.165, 1.54) is 18.2 Å². The smallest absolute Gasteiger partial charge is 0.337 e. The molecular weight excluding hydrogens is 596 g/mol. The molecule has 1 atom stereocenters. The van der Waals surface area contributed by atoms with Gasteiger partial charge in [-0.2, -0.15) is 0 Å². The van der Waals surface area contributed by atoms with Gasteiger partial charge in [-0.25, -0.2) is 14.6 Å². The minimum absolute atomic E-state index is 0.00994. The van der Waals surface area contributed by atoms with Crippen molar-refractivity contribution in [2.75, 3.05) is 13.2 Å². The first-order valence-electron chi connectivity index (χ1n) is 15.0. The van der Waals surface area contributed by atoms with Gasteiger partial charge in [-0.3, -0.25) is 10.1 Å². The van der Waals surface area contributed by atoms with E-state index >= 15 is 0 Å². The molecule has 1 aliphatic heterocycles. The molecule has 47 heavy (non-hydrogen) atoms. The van der Waals surface area contributed by atoms with Crippen LogP contribution in [0.15, 0.2) is 132 Å². The number of esters is 2. The monoisotopic (exact) mass is 630 g/mol. The van der Waals surface area contributed by atoms with Crippen molar-refractivity contribution in [1.82, 2.24) is 14.9 Å². The van der Waals surface area contributed by atoms with Crippen molar-refractivity contribution in [3.05, 3.63) is 165 Å². The molecular formula is C37H34N4O6. The van der Waals surface area contributed by atoms with Crippen LogP contribution in [0.2, 0.25) is 0 Å². The number of hydrogen-bond donors (Lipinski definition) is 1. The molecule has 238 valence electrons. The van der Waals surface area contributed by atoms with Crippen molar-refractivity contribution < 1.29 is 24.0 Å². The van der Waals surface area contributed by atoms with Crippen molar-refractivity contribution in [2.24, 2.45) is 0 Å². The Balaban J connectivity index is 1.32. The number of benzene rings is 3. The lowest BCUT2D eigenvalue weighted by atomic mass is 9.80. The summed E-state index contributed by atoms with van der Waals surface area (Å²) in [6, 6.07) is 23.5.